The standard InChI is InChI=1S/C15H21NO2S/c1-11(16)14(7-8-14)12-3-5-13(6-4-12)15(9-10-15)19(2,17)18/h3-6,11H,7-10,16H2,1-2H3. The summed E-state index contributed by atoms with van der Waals surface area (Å²) in [5.74, 6) is 0. The molecule has 0 radical (unpaired) electrons. The third-order valence-electron chi connectivity index (χ3n) is 5.06. The second-order valence-corrected chi connectivity index (χ2v) is 8.61. The lowest BCUT2D eigenvalue weighted by molar-refractivity contribution is 0.556. The van der Waals surface area contributed by atoms with Crippen LogP contribution in [0.3, 0.4) is 0 Å². The van der Waals surface area contributed by atoms with Crippen molar-refractivity contribution in [1.82, 2.24) is 0 Å². The largest absolute Gasteiger partial charge is 0.327 e. The Morgan fingerprint density at radius 1 is 1.05 bits per heavy atom. The molecule has 2 aliphatic rings. The molecule has 1 atom stereocenters. The van der Waals surface area contributed by atoms with Gasteiger partial charge in [-0.1, -0.05) is 24.3 Å². The van der Waals surface area contributed by atoms with Gasteiger partial charge >= 0.3 is 0 Å². The summed E-state index contributed by atoms with van der Waals surface area (Å²) >= 11 is 0. The number of rotatable bonds is 4. The van der Waals surface area contributed by atoms with Gasteiger partial charge in [0.2, 0.25) is 0 Å². The Morgan fingerprint density at radius 3 is 1.84 bits per heavy atom. The van der Waals surface area contributed by atoms with Crippen LogP contribution in [0.1, 0.15) is 43.7 Å². The van der Waals surface area contributed by atoms with Gasteiger partial charge in [0.05, 0.1) is 4.75 Å². The fourth-order valence-corrected chi connectivity index (χ4v) is 4.64. The molecule has 2 N–H and O–H groups in total. The van der Waals surface area contributed by atoms with Crippen LogP contribution in [0.25, 0.3) is 0 Å². The molecule has 3 nitrogen and oxygen atoms in total. The maximum Gasteiger partial charge on any atom is 0.157 e. The number of sulfone groups is 1. The second kappa shape index (κ2) is 3.83. The molecule has 2 fully saturated rings. The van der Waals surface area contributed by atoms with E-state index in [0.29, 0.717) is 0 Å². The quantitative estimate of drug-likeness (QED) is 0.918. The highest BCUT2D eigenvalue weighted by Crippen LogP contribution is 2.54. The molecule has 0 amide bonds. The van der Waals surface area contributed by atoms with Crippen LogP contribution in [0.2, 0.25) is 0 Å². The van der Waals surface area contributed by atoms with Crippen LogP contribution in [0.4, 0.5) is 0 Å². The van der Waals surface area contributed by atoms with Crippen LogP contribution in [0, 0.1) is 0 Å². The molecule has 104 valence electrons. The highest BCUT2D eigenvalue weighted by atomic mass is 32.2. The smallest absolute Gasteiger partial charge is 0.157 e. The summed E-state index contributed by atoms with van der Waals surface area (Å²) < 4.78 is 23.2. The number of nitrogens with two attached hydrogens (primary N) is 1. The van der Waals surface area contributed by atoms with Crippen LogP contribution < -0.4 is 5.73 Å². The molecule has 4 heteroatoms. The van der Waals surface area contributed by atoms with E-state index in [2.05, 4.69) is 19.1 Å². The van der Waals surface area contributed by atoms with Crippen molar-refractivity contribution in [2.24, 2.45) is 5.73 Å². The topological polar surface area (TPSA) is 60.2 Å². The molecule has 0 heterocycles. The Kier molecular flexibility index (Phi) is 2.64. The third kappa shape index (κ3) is 1.84. The molecule has 1 aromatic carbocycles. The van der Waals surface area contributed by atoms with E-state index in [1.807, 2.05) is 12.1 Å². The molecule has 1 aromatic rings. The van der Waals surface area contributed by atoms with Crippen LogP contribution >= 0.6 is 0 Å². The molecule has 2 aliphatic carbocycles. The van der Waals surface area contributed by atoms with Crippen LogP contribution in [0.5, 0.6) is 0 Å². The van der Waals surface area contributed by atoms with Crippen LogP contribution in [0.15, 0.2) is 24.3 Å². The lowest BCUT2D eigenvalue weighted by atomic mass is 9.88. The summed E-state index contributed by atoms with van der Waals surface area (Å²) in [5.41, 5.74) is 8.42. The van der Waals surface area contributed by atoms with Crippen molar-refractivity contribution in [3.05, 3.63) is 35.4 Å². The molecule has 0 saturated heterocycles. The molecule has 19 heavy (non-hydrogen) atoms. The first kappa shape index (κ1) is 13.1. The number of hydrogen-bond donors (Lipinski definition) is 1. The SMILES string of the molecule is CC(N)C1(c2ccc(C3(S(C)(=O)=O)CC3)cc2)CC1. The minimum Gasteiger partial charge on any atom is -0.327 e. The van der Waals surface area contributed by atoms with Crippen LogP contribution in [-0.4, -0.2) is 20.7 Å². The Labute approximate surface area is 115 Å². The Hall–Kier alpha value is -0.870. The van der Waals surface area contributed by atoms with Crippen molar-refractivity contribution in [2.75, 3.05) is 6.26 Å². The average Bonchev–Trinajstić information content (AvgIpc) is 3.21. The third-order valence-corrected chi connectivity index (χ3v) is 7.12. The van der Waals surface area contributed by atoms with Gasteiger partial charge in [-0.3, -0.25) is 0 Å². The van der Waals surface area contributed by atoms with Gasteiger partial charge in [-0.05, 0) is 43.7 Å². The van der Waals surface area contributed by atoms with E-state index in [-0.39, 0.29) is 11.5 Å². The van der Waals surface area contributed by atoms with Gasteiger partial charge in [-0.2, -0.15) is 0 Å². The van der Waals surface area contributed by atoms with Crippen molar-refractivity contribution < 1.29 is 8.42 Å². The van der Waals surface area contributed by atoms with Gasteiger partial charge in [0.25, 0.3) is 0 Å². The average molecular weight is 279 g/mol. The zero-order chi connectivity index (χ0) is 13.9. The highest BCUT2D eigenvalue weighted by Gasteiger charge is 2.54. The van der Waals surface area contributed by atoms with Gasteiger partial charge in [-0.25, -0.2) is 8.42 Å². The Morgan fingerprint density at radius 2 is 1.53 bits per heavy atom. The normalized spacial score (nSPS) is 24.8. The Bertz CT molecular complexity index is 594. The summed E-state index contributed by atoms with van der Waals surface area (Å²) in [6.07, 6.45) is 5.13. The molecule has 0 spiro atoms. The predicted molar refractivity (Wildman–Crippen MR) is 76.8 cm³/mol. The number of benzene rings is 1. The minimum atomic E-state index is -3.02. The molecule has 2 saturated carbocycles. The molecule has 1 unspecified atom stereocenters. The molecule has 0 aliphatic heterocycles. The highest BCUT2D eigenvalue weighted by molar-refractivity contribution is 7.92. The number of hydrogen-bond acceptors (Lipinski definition) is 3. The first-order valence-electron chi connectivity index (χ1n) is 6.88. The first-order chi connectivity index (χ1) is 8.82. The second-order valence-electron chi connectivity index (χ2n) is 6.29. The van der Waals surface area contributed by atoms with E-state index in [1.165, 1.54) is 11.8 Å². The van der Waals surface area contributed by atoms with E-state index < -0.39 is 14.6 Å². The molecule has 0 aromatic heterocycles. The monoisotopic (exact) mass is 279 g/mol. The fraction of sp³-hybridized carbons (Fsp3) is 0.600. The predicted octanol–water partition coefficient (Wildman–Crippen LogP) is 2.10. The van der Waals surface area contributed by atoms with Crippen LogP contribution in [-0.2, 0) is 20.0 Å². The lowest BCUT2D eigenvalue weighted by Gasteiger charge is -2.21. The summed E-state index contributed by atoms with van der Waals surface area (Å²) in [7, 11) is -3.02. The maximum absolute atomic E-state index is 11.9. The van der Waals surface area contributed by atoms with Crippen molar-refractivity contribution in [3.8, 4) is 0 Å². The van der Waals surface area contributed by atoms with Gasteiger partial charge < -0.3 is 5.73 Å². The Balaban J connectivity index is 1.93. The molecular weight excluding hydrogens is 258 g/mol. The summed E-state index contributed by atoms with van der Waals surface area (Å²) in [6, 6.07) is 8.30. The summed E-state index contributed by atoms with van der Waals surface area (Å²) in [5, 5.41) is 0. The van der Waals surface area contributed by atoms with E-state index >= 15 is 0 Å². The molecular formula is C15H21NO2S. The first-order valence-corrected chi connectivity index (χ1v) is 8.77. The van der Waals surface area contributed by atoms with E-state index in [1.54, 1.807) is 0 Å². The fourth-order valence-electron chi connectivity index (χ4n) is 3.23. The van der Waals surface area contributed by atoms with Crippen molar-refractivity contribution in [1.29, 1.82) is 0 Å². The lowest BCUT2D eigenvalue weighted by Crippen LogP contribution is -2.31. The van der Waals surface area contributed by atoms with Gasteiger partial charge in [0.1, 0.15) is 0 Å². The van der Waals surface area contributed by atoms with Gasteiger partial charge in [-0.15, -0.1) is 0 Å². The van der Waals surface area contributed by atoms with Gasteiger partial charge in [0, 0.05) is 17.7 Å². The van der Waals surface area contributed by atoms with Crippen molar-refractivity contribution >= 4 is 9.84 Å². The van der Waals surface area contributed by atoms with Crippen molar-refractivity contribution in [2.45, 2.75) is 48.8 Å². The minimum absolute atomic E-state index is 0.139. The molecule has 3 rings (SSSR count). The maximum atomic E-state index is 11.9. The van der Waals surface area contributed by atoms with Crippen molar-refractivity contribution in [3.63, 3.8) is 0 Å². The zero-order valence-corrected chi connectivity index (χ0v) is 12.3. The molecule has 0 bridgehead atoms. The van der Waals surface area contributed by atoms with E-state index in [4.69, 9.17) is 5.73 Å². The summed E-state index contributed by atoms with van der Waals surface area (Å²) in [4.78, 5) is 0. The van der Waals surface area contributed by atoms with Gasteiger partial charge in [0.15, 0.2) is 9.84 Å². The van der Waals surface area contributed by atoms with E-state index in [0.717, 1.165) is 31.2 Å². The zero-order valence-electron chi connectivity index (χ0n) is 11.5. The van der Waals surface area contributed by atoms with E-state index in [9.17, 15) is 8.42 Å². The summed E-state index contributed by atoms with van der Waals surface area (Å²) in [6.45, 7) is 2.06.